The van der Waals surface area contributed by atoms with E-state index in [1.807, 2.05) is 42.6 Å². The Labute approximate surface area is 196 Å². The molecule has 30 heavy (non-hydrogen) atoms. The molecule has 164 valence electrons. The molecule has 1 aromatic carbocycles. The minimum absolute atomic E-state index is 0. The fourth-order valence-electron chi connectivity index (χ4n) is 3.45. The van der Waals surface area contributed by atoms with Crippen LogP contribution in [0.15, 0.2) is 47.6 Å². The quantitative estimate of drug-likeness (QED) is 0.291. The first-order valence-electron chi connectivity index (χ1n) is 10.5. The lowest BCUT2D eigenvalue weighted by atomic mass is 10.2. The lowest BCUT2D eigenvalue weighted by Crippen LogP contribution is -2.38. The molecule has 0 aliphatic heterocycles. The van der Waals surface area contributed by atoms with Crippen molar-refractivity contribution in [3.8, 4) is 11.5 Å². The summed E-state index contributed by atoms with van der Waals surface area (Å²) in [6, 6.07) is 12.0. The van der Waals surface area contributed by atoms with Crippen LogP contribution in [-0.4, -0.2) is 37.2 Å². The highest BCUT2D eigenvalue weighted by Gasteiger charge is 2.18. The zero-order valence-electron chi connectivity index (χ0n) is 17.9. The van der Waals surface area contributed by atoms with Gasteiger partial charge in [-0.05, 0) is 56.9 Å². The molecule has 1 fully saturated rings. The van der Waals surface area contributed by atoms with E-state index in [-0.39, 0.29) is 24.0 Å². The third kappa shape index (κ3) is 7.66. The van der Waals surface area contributed by atoms with Crippen molar-refractivity contribution in [2.45, 2.75) is 51.7 Å². The zero-order valence-corrected chi connectivity index (χ0v) is 20.2. The minimum Gasteiger partial charge on any atom is -0.497 e. The van der Waals surface area contributed by atoms with Crippen LogP contribution in [0.5, 0.6) is 11.5 Å². The number of guanidine groups is 1. The van der Waals surface area contributed by atoms with Crippen molar-refractivity contribution >= 4 is 29.9 Å². The SMILES string of the molecule is CCNC(=NCc1ccc(OC)cc1OC1CCCC1)NCCc1ccccn1.I. The van der Waals surface area contributed by atoms with Crippen LogP contribution in [-0.2, 0) is 13.0 Å². The largest absolute Gasteiger partial charge is 0.497 e. The van der Waals surface area contributed by atoms with Crippen molar-refractivity contribution in [1.82, 2.24) is 15.6 Å². The molecular formula is C23H33IN4O2. The Kier molecular flexibility index (Phi) is 10.8. The maximum Gasteiger partial charge on any atom is 0.191 e. The van der Waals surface area contributed by atoms with Crippen molar-refractivity contribution < 1.29 is 9.47 Å². The molecule has 0 bridgehead atoms. The second kappa shape index (κ2) is 13.3. The van der Waals surface area contributed by atoms with Gasteiger partial charge >= 0.3 is 0 Å². The second-order valence-electron chi connectivity index (χ2n) is 7.19. The topological polar surface area (TPSA) is 67.8 Å². The number of benzene rings is 1. The minimum atomic E-state index is 0. The number of halogens is 1. The van der Waals surface area contributed by atoms with E-state index in [4.69, 9.17) is 14.5 Å². The number of ether oxygens (including phenoxy) is 2. The number of pyridine rings is 1. The van der Waals surface area contributed by atoms with Gasteiger partial charge in [0.25, 0.3) is 0 Å². The van der Waals surface area contributed by atoms with Crippen LogP contribution in [0.4, 0.5) is 0 Å². The Morgan fingerprint density at radius 1 is 1.17 bits per heavy atom. The molecule has 0 atom stereocenters. The fourth-order valence-corrected chi connectivity index (χ4v) is 3.45. The molecule has 1 saturated carbocycles. The lowest BCUT2D eigenvalue weighted by Gasteiger charge is -2.17. The summed E-state index contributed by atoms with van der Waals surface area (Å²) < 4.78 is 11.7. The van der Waals surface area contributed by atoms with Gasteiger partial charge in [0.2, 0.25) is 0 Å². The maximum absolute atomic E-state index is 6.28. The van der Waals surface area contributed by atoms with Crippen LogP contribution in [0, 0.1) is 0 Å². The first-order chi connectivity index (χ1) is 14.3. The van der Waals surface area contributed by atoms with Crippen LogP contribution in [0.2, 0.25) is 0 Å². The Balaban J connectivity index is 0.00000320. The van der Waals surface area contributed by atoms with Crippen molar-refractivity contribution in [2.24, 2.45) is 4.99 Å². The molecule has 3 rings (SSSR count). The fraction of sp³-hybridized carbons (Fsp3) is 0.478. The van der Waals surface area contributed by atoms with Gasteiger partial charge in [-0.1, -0.05) is 6.07 Å². The average Bonchev–Trinajstić information content (AvgIpc) is 3.26. The van der Waals surface area contributed by atoms with Crippen LogP contribution in [0.1, 0.15) is 43.9 Å². The zero-order chi connectivity index (χ0) is 20.3. The van der Waals surface area contributed by atoms with Gasteiger partial charge in [-0.2, -0.15) is 0 Å². The molecule has 1 aliphatic carbocycles. The number of aromatic nitrogens is 1. The van der Waals surface area contributed by atoms with E-state index in [9.17, 15) is 0 Å². The normalized spacial score (nSPS) is 14.1. The van der Waals surface area contributed by atoms with E-state index in [0.29, 0.717) is 12.6 Å². The van der Waals surface area contributed by atoms with E-state index < -0.39 is 0 Å². The molecule has 0 saturated heterocycles. The first-order valence-corrected chi connectivity index (χ1v) is 10.5. The van der Waals surface area contributed by atoms with E-state index >= 15 is 0 Å². The Morgan fingerprint density at radius 3 is 2.70 bits per heavy atom. The van der Waals surface area contributed by atoms with Gasteiger partial charge in [0.1, 0.15) is 11.5 Å². The summed E-state index contributed by atoms with van der Waals surface area (Å²) in [5.41, 5.74) is 2.14. The molecule has 6 nitrogen and oxygen atoms in total. The average molecular weight is 524 g/mol. The lowest BCUT2D eigenvalue weighted by molar-refractivity contribution is 0.207. The predicted molar refractivity (Wildman–Crippen MR) is 132 cm³/mol. The van der Waals surface area contributed by atoms with Crippen molar-refractivity contribution in [3.63, 3.8) is 0 Å². The number of rotatable bonds is 9. The molecule has 2 aromatic rings. The molecule has 2 N–H and O–H groups in total. The smallest absolute Gasteiger partial charge is 0.191 e. The van der Waals surface area contributed by atoms with Gasteiger partial charge < -0.3 is 20.1 Å². The van der Waals surface area contributed by atoms with Gasteiger partial charge in [0.05, 0.1) is 19.8 Å². The van der Waals surface area contributed by atoms with Crippen molar-refractivity contribution in [2.75, 3.05) is 20.2 Å². The molecule has 7 heteroatoms. The van der Waals surface area contributed by atoms with E-state index in [1.165, 1.54) is 12.8 Å². The van der Waals surface area contributed by atoms with Crippen LogP contribution >= 0.6 is 24.0 Å². The molecule has 0 spiro atoms. The number of nitrogens with one attached hydrogen (secondary N) is 2. The summed E-state index contributed by atoms with van der Waals surface area (Å²) in [7, 11) is 1.68. The van der Waals surface area contributed by atoms with Gasteiger partial charge in [0, 0.05) is 43.0 Å². The summed E-state index contributed by atoms with van der Waals surface area (Å²) in [5.74, 6) is 2.49. The summed E-state index contributed by atoms with van der Waals surface area (Å²) >= 11 is 0. The van der Waals surface area contributed by atoms with E-state index in [0.717, 1.165) is 61.1 Å². The van der Waals surface area contributed by atoms with E-state index in [1.54, 1.807) is 7.11 Å². The number of hydrogen-bond acceptors (Lipinski definition) is 4. The summed E-state index contributed by atoms with van der Waals surface area (Å²) in [4.78, 5) is 9.12. The molecule has 0 amide bonds. The van der Waals surface area contributed by atoms with E-state index in [2.05, 4.69) is 22.5 Å². The highest BCUT2D eigenvalue weighted by atomic mass is 127. The summed E-state index contributed by atoms with van der Waals surface area (Å²) in [6.45, 7) is 4.20. The number of nitrogens with zero attached hydrogens (tertiary/aromatic N) is 2. The maximum atomic E-state index is 6.28. The van der Waals surface area contributed by atoms with Gasteiger partial charge in [0.15, 0.2) is 5.96 Å². The third-order valence-corrected chi connectivity index (χ3v) is 5.02. The Hall–Kier alpha value is -2.03. The Morgan fingerprint density at radius 2 is 2.00 bits per heavy atom. The Bertz CT molecular complexity index is 780. The van der Waals surface area contributed by atoms with Gasteiger partial charge in [-0.15, -0.1) is 24.0 Å². The molecule has 1 aliphatic rings. The monoisotopic (exact) mass is 524 g/mol. The number of aliphatic imine (C=N–C) groups is 1. The predicted octanol–water partition coefficient (Wildman–Crippen LogP) is 4.33. The summed E-state index contributed by atoms with van der Waals surface area (Å²) in [6.07, 6.45) is 7.71. The number of hydrogen-bond donors (Lipinski definition) is 2. The van der Waals surface area contributed by atoms with Gasteiger partial charge in [-0.3, -0.25) is 4.98 Å². The van der Waals surface area contributed by atoms with Crippen LogP contribution in [0.25, 0.3) is 0 Å². The molecular weight excluding hydrogens is 491 g/mol. The first kappa shape index (κ1) is 24.2. The molecule has 0 radical (unpaired) electrons. The van der Waals surface area contributed by atoms with Gasteiger partial charge in [-0.25, -0.2) is 4.99 Å². The molecule has 0 unspecified atom stereocenters. The summed E-state index contributed by atoms with van der Waals surface area (Å²) in [5, 5.41) is 6.70. The van der Waals surface area contributed by atoms with Crippen LogP contribution in [0.3, 0.4) is 0 Å². The standard InChI is InChI=1S/C23H32N4O2.HI/c1-3-24-23(26-15-13-19-8-6-7-14-25-19)27-17-18-11-12-21(28-2)16-22(18)29-20-9-4-5-10-20;/h6-8,11-12,14,16,20H,3-5,9-10,13,15,17H2,1-2H3,(H2,24,26,27);1H. The van der Waals surface area contributed by atoms with Crippen molar-refractivity contribution in [1.29, 1.82) is 0 Å². The number of methoxy groups -OCH3 is 1. The second-order valence-corrected chi connectivity index (χ2v) is 7.19. The third-order valence-electron chi connectivity index (χ3n) is 5.02. The van der Waals surface area contributed by atoms with Crippen LogP contribution < -0.4 is 20.1 Å². The molecule has 1 heterocycles. The highest BCUT2D eigenvalue weighted by Crippen LogP contribution is 2.30. The van der Waals surface area contributed by atoms with Crippen molar-refractivity contribution in [3.05, 3.63) is 53.9 Å². The highest BCUT2D eigenvalue weighted by molar-refractivity contribution is 14.0. The molecule has 1 aromatic heterocycles.